The van der Waals surface area contributed by atoms with Crippen LogP contribution in [0.25, 0.3) is 0 Å². The molecule has 3 heterocycles. The molecule has 5 nitrogen and oxygen atoms in total. The van der Waals surface area contributed by atoms with Gasteiger partial charge < -0.3 is 0 Å². The van der Waals surface area contributed by atoms with Crippen LogP contribution in [0.3, 0.4) is 0 Å². The second-order valence-electron chi connectivity index (χ2n) is 5.49. The first-order valence-electron chi connectivity index (χ1n) is 7.04. The number of piperidine rings is 1. The van der Waals surface area contributed by atoms with Gasteiger partial charge in [-0.25, -0.2) is 13.4 Å². The number of aromatic nitrogens is 1. The molecule has 0 saturated carbocycles. The highest BCUT2D eigenvalue weighted by Crippen LogP contribution is 2.27. The number of piperazine rings is 1. The molecule has 3 rings (SSSR count). The molecule has 0 aliphatic carbocycles. The second-order valence-corrected chi connectivity index (χ2v) is 8.20. The van der Waals surface area contributed by atoms with Crippen LogP contribution in [0.1, 0.15) is 19.3 Å². The van der Waals surface area contributed by atoms with Crippen molar-refractivity contribution in [1.82, 2.24) is 14.2 Å². The smallest absolute Gasteiger partial charge is 0.244 e. The summed E-state index contributed by atoms with van der Waals surface area (Å²) in [6.45, 7) is 2.92. The van der Waals surface area contributed by atoms with Gasteiger partial charge in [0.1, 0.15) is 10.0 Å². The maximum atomic E-state index is 12.7. The summed E-state index contributed by atoms with van der Waals surface area (Å²) in [7, 11) is -3.55. The summed E-state index contributed by atoms with van der Waals surface area (Å²) in [5.74, 6) is 0. The Morgan fingerprint density at radius 1 is 1.19 bits per heavy atom. The lowest BCUT2D eigenvalue weighted by atomic mass is 10.0. The van der Waals surface area contributed by atoms with Crippen molar-refractivity contribution in [3.05, 3.63) is 22.4 Å². The SMILES string of the molecule is O=S(=O)(c1cnc(Cl)c(Cl)c1)N1CCN2CCCCC2C1. The van der Waals surface area contributed by atoms with Gasteiger partial charge in [0.2, 0.25) is 10.0 Å². The molecular formula is C13H17Cl2N3O2S. The molecule has 0 aromatic carbocycles. The quantitative estimate of drug-likeness (QED) is 0.768. The van der Waals surface area contributed by atoms with Crippen molar-refractivity contribution in [3.8, 4) is 0 Å². The molecule has 0 amide bonds. The summed E-state index contributed by atoms with van der Waals surface area (Å²) in [5.41, 5.74) is 0. The fraction of sp³-hybridized carbons (Fsp3) is 0.615. The van der Waals surface area contributed by atoms with Crippen LogP contribution in [0.15, 0.2) is 17.2 Å². The highest BCUT2D eigenvalue weighted by atomic mass is 35.5. The summed E-state index contributed by atoms with van der Waals surface area (Å²) < 4.78 is 26.9. The lowest BCUT2D eigenvalue weighted by Gasteiger charge is -2.43. The van der Waals surface area contributed by atoms with E-state index in [-0.39, 0.29) is 15.1 Å². The van der Waals surface area contributed by atoms with Gasteiger partial charge in [0.05, 0.1) is 5.02 Å². The van der Waals surface area contributed by atoms with Gasteiger partial charge >= 0.3 is 0 Å². The molecule has 2 fully saturated rings. The minimum absolute atomic E-state index is 0.112. The van der Waals surface area contributed by atoms with Crippen molar-refractivity contribution in [2.24, 2.45) is 0 Å². The van der Waals surface area contributed by atoms with Crippen molar-refractivity contribution in [2.75, 3.05) is 26.2 Å². The zero-order valence-corrected chi connectivity index (χ0v) is 13.8. The van der Waals surface area contributed by atoms with E-state index in [0.29, 0.717) is 19.1 Å². The Hall–Kier alpha value is -0.400. The molecule has 0 N–H and O–H groups in total. The van der Waals surface area contributed by atoms with Crippen LogP contribution < -0.4 is 0 Å². The van der Waals surface area contributed by atoms with Gasteiger partial charge in [0.25, 0.3) is 0 Å². The Labute approximate surface area is 134 Å². The van der Waals surface area contributed by atoms with Gasteiger partial charge in [-0.05, 0) is 25.5 Å². The zero-order valence-electron chi connectivity index (χ0n) is 11.5. The van der Waals surface area contributed by atoms with Crippen LogP contribution in [-0.4, -0.2) is 54.8 Å². The van der Waals surface area contributed by atoms with E-state index in [1.54, 1.807) is 4.31 Å². The minimum Gasteiger partial charge on any atom is -0.298 e. The molecule has 0 bridgehead atoms. The Bertz CT molecular complexity index is 638. The van der Waals surface area contributed by atoms with Gasteiger partial charge in [-0.1, -0.05) is 29.6 Å². The van der Waals surface area contributed by atoms with E-state index in [4.69, 9.17) is 23.2 Å². The minimum atomic E-state index is -3.55. The Balaban J connectivity index is 1.83. The van der Waals surface area contributed by atoms with Crippen molar-refractivity contribution < 1.29 is 8.42 Å². The number of rotatable bonds is 2. The summed E-state index contributed by atoms with van der Waals surface area (Å²) in [6.07, 6.45) is 4.71. The molecule has 1 aromatic heterocycles. The first kappa shape index (κ1) is 15.5. The summed E-state index contributed by atoms with van der Waals surface area (Å²) >= 11 is 11.6. The summed E-state index contributed by atoms with van der Waals surface area (Å²) in [4.78, 5) is 6.34. The van der Waals surface area contributed by atoms with E-state index in [1.165, 1.54) is 25.1 Å². The highest BCUT2D eigenvalue weighted by Gasteiger charge is 2.35. The fourth-order valence-electron chi connectivity index (χ4n) is 3.04. The first-order chi connectivity index (χ1) is 9.98. The lowest BCUT2D eigenvalue weighted by molar-refractivity contribution is 0.0851. The van der Waals surface area contributed by atoms with Crippen molar-refractivity contribution in [3.63, 3.8) is 0 Å². The van der Waals surface area contributed by atoms with Gasteiger partial charge in [-0.2, -0.15) is 4.31 Å². The Morgan fingerprint density at radius 3 is 2.76 bits per heavy atom. The molecule has 1 unspecified atom stereocenters. The number of halogens is 2. The number of fused-ring (bicyclic) bond motifs is 1. The average Bonchev–Trinajstić information content (AvgIpc) is 2.49. The molecule has 1 atom stereocenters. The van der Waals surface area contributed by atoms with Crippen LogP contribution in [0.4, 0.5) is 0 Å². The molecule has 2 aliphatic heterocycles. The number of hydrogen-bond donors (Lipinski definition) is 0. The molecule has 0 radical (unpaired) electrons. The lowest BCUT2D eigenvalue weighted by Crippen LogP contribution is -2.56. The molecule has 116 valence electrons. The first-order valence-corrected chi connectivity index (χ1v) is 9.23. The second kappa shape index (κ2) is 6.01. The zero-order chi connectivity index (χ0) is 15.0. The standard InChI is InChI=1S/C13H17Cl2N3O2S/c14-12-7-11(8-16-13(12)15)21(19,20)18-6-5-17-4-2-1-3-10(17)9-18/h7-8,10H,1-6,9H2. The maximum Gasteiger partial charge on any atom is 0.244 e. The van der Waals surface area contributed by atoms with E-state index < -0.39 is 10.0 Å². The monoisotopic (exact) mass is 349 g/mol. The molecular weight excluding hydrogens is 333 g/mol. The third-order valence-corrected chi connectivity index (χ3v) is 6.73. The number of nitrogens with zero attached hydrogens (tertiary/aromatic N) is 3. The third kappa shape index (κ3) is 3.05. The third-order valence-electron chi connectivity index (χ3n) is 4.21. The molecule has 2 saturated heterocycles. The summed E-state index contributed by atoms with van der Waals surface area (Å²) in [6, 6.07) is 1.71. The van der Waals surface area contributed by atoms with E-state index in [0.717, 1.165) is 19.5 Å². The number of pyridine rings is 1. The van der Waals surface area contributed by atoms with Gasteiger partial charge in [-0.15, -0.1) is 0 Å². The van der Waals surface area contributed by atoms with Gasteiger partial charge in [0, 0.05) is 31.9 Å². The van der Waals surface area contributed by atoms with Crippen LogP contribution in [0.5, 0.6) is 0 Å². The topological polar surface area (TPSA) is 53.5 Å². The van der Waals surface area contributed by atoms with Crippen LogP contribution in [0, 0.1) is 0 Å². The van der Waals surface area contributed by atoms with E-state index in [9.17, 15) is 8.42 Å². The number of sulfonamides is 1. The van der Waals surface area contributed by atoms with E-state index >= 15 is 0 Å². The van der Waals surface area contributed by atoms with Crippen LogP contribution >= 0.6 is 23.2 Å². The Kier molecular flexibility index (Phi) is 4.43. The van der Waals surface area contributed by atoms with Crippen molar-refractivity contribution in [2.45, 2.75) is 30.2 Å². The predicted octanol–water partition coefficient (Wildman–Crippen LogP) is 2.25. The van der Waals surface area contributed by atoms with E-state index in [2.05, 4.69) is 9.88 Å². The number of hydrogen-bond acceptors (Lipinski definition) is 4. The fourth-order valence-corrected chi connectivity index (χ4v) is 4.82. The largest absolute Gasteiger partial charge is 0.298 e. The predicted molar refractivity (Wildman–Crippen MR) is 82.2 cm³/mol. The van der Waals surface area contributed by atoms with Gasteiger partial charge in [0.15, 0.2) is 0 Å². The molecule has 0 spiro atoms. The maximum absolute atomic E-state index is 12.7. The molecule has 21 heavy (non-hydrogen) atoms. The molecule has 8 heteroatoms. The highest BCUT2D eigenvalue weighted by molar-refractivity contribution is 7.89. The molecule has 2 aliphatic rings. The molecule has 1 aromatic rings. The van der Waals surface area contributed by atoms with Crippen LogP contribution in [0.2, 0.25) is 10.2 Å². The van der Waals surface area contributed by atoms with Crippen molar-refractivity contribution in [1.29, 1.82) is 0 Å². The Morgan fingerprint density at radius 2 is 2.00 bits per heavy atom. The average molecular weight is 350 g/mol. The van der Waals surface area contributed by atoms with Crippen molar-refractivity contribution >= 4 is 33.2 Å². The van der Waals surface area contributed by atoms with E-state index in [1.807, 2.05) is 0 Å². The summed E-state index contributed by atoms with van der Waals surface area (Å²) in [5, 5.41) is 0.279. The van der Waals surface area contributed by atoms with Gasteiger partial charge in [-0.3, -0.25) is 4.90 Å². The van der Waals surface area contributed by atoms with Crippen LogP contribution in [-0.2, 0) is 10.0 Å². The normalized spacial score (nSPS) is 24.8.